The number of aliphatic imine (C=N–C) groups is 1. The summed E-state index contributed by atoms with van der Waals surface area (Å²) in [6.07, 6.45) is 3.56. The highest BCUT2D eigenvalue weighted by Gasteiger charge is 2.23. The summed E-state index contributed by atoms with van der Waals surface area (Å²) in [5.74, 6) is 0.622. The maximum atomic E-state index is 13.0. The Morgan fingerprint density at radius 3 is 2.65 bits per heavy atom. The summed E-state index contributed by atoms with van der Waals surface area (Å²) in [6.45, 7) is 3.78. The molecule has 0 aliphatic rings. The van der Waals surface area contributed by atoms with Crippen molar-refractivity contribution in [2.24, 2.45) is 4.99 Å². The van der Waals surface area contributed by atoms with E-state index in [0.29, 0.717) is 6.42 Å². The quantitative estimate of drug-likeness (QED) is 0.418. The van der Waals surface area contributed by atoms with Gasteiger partial charge in [0.15, 0.2) is 6.40 Å². The molecule has 0 fully saturated rings. The van der Waals surface area contributed by atoms with Crippen molar-refractivity contribution in [3.05, 3.63) is 66.2 Å². The summed E-state index contributed by atoms with van der Waals surface area (Å²) in [4.78, 5) is 18.8. The third-order valence-corrected chi connectivity index (χ3v) is 4.04. The number of hydrogen-bond donors (Lipinski definition) is 0. The summed E-state index contributed by atoms with van der Waals surface area (Å²) in [5.41, 5.74) is 2.79. The Morgan fingerprint density at radius 2 is 2.04 bits per heavy atom. The van der Waals surface area contributed by atoms with Crippen LogP contribution in [0.25, 0.3) is 6.08 Å². The monoisotopic (exact) mass is 350 g/mol. The van der Waals surface area contributed by atoms with E-state index in [2.05, 4.69) is 11.6 Å². The van der Waals surface area contributed by atoms with Gasteiger partial charge < -0.3 is 14.3 Å². The van der Waals surface area contributed by atoms with Crippen LogP contribution in [0.4, 0.5) is 5.69 Å². The molecule has 134 valence electrons. The van der Waals surface area contributed by atoms with Crippen molar-refractivity contribution in [2.45, 2.75) is 12.5 Å². The van der Waals surface area contributed by atoms with Crippen LogP contribution in [-0.4, -0.2) is 40.6 Å². The van der Waals surface area contributed by atoms with Gasteiger partial charge in [0.25, 0.3) is 5.91 Å². The Bertz CT molecular complexity index is 775. The number of likely N-dealkylation sites (N-methyl/N-ethyl adjacent to an activating group) is 1. The Labute approximate surface area is 155 Å². The van der Waals surface area contributed by atoms with Crippen LogP contribution in [0.3, 0.4) is 0 Å². The maximum Gasteiger partial charge on any atom is 0.323 e. The molecule has 5 nitrogen and oxygen atoms in total. The van der Waals surface area contributed by atoms with Gasteiger partial charge in [-0.25, -0.2) is 4.99 Å². The van der Waals surface area contributed by atoms with E-state index in [4.69, 9.17) is 9.39 Å². The average Bonchev–Trinajstić information content (AvgIpc) is 2.70. The van der Waals surface area contributed by atoms with Crippen LogP contribution < -0.4 is 9.64 Å². The Hall–Kier alpha value is -3.02. The summed E-state index contributed by atoms with van der Waals surface area (Å²) >= 11 is 0. The molecule has 0 heterocycles. The van der Waals surface area contributed by atoms with Crippen LogP contribution in [0, 0.1) is 0 Å². The second-order valence-corrected chi connectivity index (χ2v) is 5.75. The molecule has 0 unspecified atom stereocenters. The van der Waals surface area contributed by atoms with E-state index >= 15 is 0 Å². The van der Waals surface area contributed by atoms with Crippen LogP contribution in [0.1, 0.15) is 11.1 Å². The third-order valence-electron chi connectivity index (χ3n) is 4.04. The van der Waals surface area contributed by atoms with E-state index in [9.17, 15) is 4.79 Å². The minimum atomic E-state index is -0.581. The van der Waals surface area contributed by atoms with E-state index in [0.717, 1.165) is 22.6 Å². The van der Waals surface area contributed by atoms with Crippen LogP contribution in [0.15, 0.2) is 60.1 Å². The standard InChI is InChI=1S/C20H23BN2O3/c1-4-15-6-5-7-16(12-15)13-19(22-14-26-21)20(24)23(2)17-8-10-18(25-3)11-9-17/h4-12,14,19H,1,13,21H2,2-3H3/t19-/m0/s1. The van der Waals surface area contributed by atoms with Gasteiger partial charge in [0.2, 0.25) is 0 Å². The van der Waals surface area contributed by atoms with Crippen molar-refractivity contribution < 1.29 is 14.2 Å². The number of carbonyl (C=O) groups excluding carboxylic acids is 1. The molecule has 0 saturated heterocycles. The van der Waals surface area contributed by atoms with E-state index in [1.165, 1.54) is 14.4 Å². The van der Waals surface area contributed by atoms with Gasteiger partial charge in [-0.1, -0.05) is 36.9 Å². The predicted molar refractivity (Wildman–Crippen MR) is 109 cm³/mol. The van der Waals surface area contributed by atoms with E-state index < -0.39 is 6.04 Å². The number of rotatable bonds is 8. The molecule has 0 N–H and O–H groups in total. The maximum absolute atomic E-state index is 13.0. The van der Waals surface area contributed by atoms with Crippen LogP contribution in [-0.2, 0) is 15.9 Å². The van der Waals surface area contributed by atoms with Crippen LogP contribution in [0.2, 0.25) is 0 Å². The molecular formula is C20H23BN2O3. The molecule has 0 aliphatic carbocycles. The Morgan fingerprint density at radius 1 is 1.31 bits per heavy atom. The smallest absolute Gasteiger partial charge is 0.323 e. The molecule has 26 heavy (non-hydrogen) atoms. The molecule has 0 saturated carbocycles. The van der Waals surface area contributed by atoms with Gasteiger partial charge in [0.1, 0.15) is 11.8 Å². The molecule has 0 aromatic heterocycles. The number of hydrogen-bond acceptors (Lipinski definition) is 4. The zero-order valence-corrected chi connectivity index (χ0v) is 15.4. The lowest BCUT2D eigenvalue weighted by molar-refractivity contribution is -0.119. The van der Waals surface area contributed by atoms with Gasteiger partial charge in [-0.05, 0) is 35.4 Å². The van der Waals surface area contributed by atoms with Crippen molar-refractivity contribution in [1.82, 2.24) is 0 Å². The number of amides is 1. The van der Waals surface area contributed by atoms with E-state index in [1.807, 2.05) is 48.5 Å². The highest BCUT2D eigenvalue weighted by molar-refractivity contribution is 6.03. The van der Waals surface area contributed by atoms with Crippen molar-refractivity contribution in [3.63, 3.8) is 0 Å². The fourth-order valence-corrected chi connectivity index (χ4v) is 2.57. The van der Waals surface area contributed by atoms with Crippen molar-refractivity contribution >= 4 is 32.1 Å². The first-order chi connectivity index (χ1) is 12.6. The predicted octanol–water partition coefficient (Wildman–Crippen LogP) is 2.51. The first-order valence-corrected chi connectivity index (χ1v) is 8.26. The summed E-state index contributed by atoms with van der Waals surface area (Å²) < 4.78 is 10.1. The van der Waals surface area contributed by atoms with E-state index in [1.54, 1.807) is 25.1 Å². The molecular weight excluding hydrogens is 327 g/mol. The lowest BCUT2D eigenvalue weighted by Crippen LogP contribution is -2.37. The average molecular weight is 350 g/mol. The molecule has 0 bridgehead atoms. The molecule has 6 heteroatoms. The summed E-state index contributed by atoms with van der Waals surface area (Å²) in [6, 6.07) is 14.6. The first-order valence-electron chi connectivity index (χ1n) is 8.26. The topological polar surface area (TPSA) is 51.1 Å². The normalized spacial score (nSPS) is 11.8. The molecule has 0 aliphatic heterocycles. The summed E-state index contributed by atoms with van der Waals surface area (Å²) in [7, 11) is 4.85. The van der Waals surface area contributed by atoms with Crippen LogP contribution in [0.5, 0.6) is 5.75 Å². The number of nitrogens with zero attached hydrogens (tertiary/aromatic N) is 2. The molecule has 2 rings (SSSR count). The molecule has 0 radical (unpaired) electrons. The highest BCUT2D eigenvalue weighted by Crippen LogP contribution is 2.20. The zero-order chi connectivity index (χ0) is 18.9. The van der Waals surface area contributed by atoms with E-state index in [-0.39, 0.29) is 5.91 Å². The first kappa shape index (κ1) is 19.3. The van der Waals surface area contributed by atoms with Crippen molar-refractivity contribution in [1.29, 1.82) is 0 Å². The molecule has 2 aromatic rings. The van der Waals surface area contributed by atoms with Gasteiger partial charge in [-0.3, -0.25) is 4.79 Å². The second kappa shape index (κ2) is 9.46. The number of methoxy groups -OCH3 is 1. The molecule has 1 amide bonds. The fourth-order valence-electron chi connectivity index (χ4n) is 2.57. The fraction of sp³-hybridized carbons (Fsp3) is 0.200. The lowest BCUT2D eigenvalue weighted by atomic mass is 10.0. The second-order valence-electron chi connectivity index (χ2n) is 5.75. The van der Waals surface area contributed by atoms with Gasteiger partial charge in [0.05, 0.1) is 7.11 Å². The molecule has 2 aromatic carbocycles. The Kier molecular flexibility index (Phi) is 7.03. The Balaban J connectivity index is 2.21. The van der Waals surface area contributed by atoms with Gasteiger partial charge in [-0.2, -0.15) is 0 Å². The van der Waals surface area contributed by atoms with Gasteiger partial charge in [0, 0.05) is 19.2 Å². The SMILES string of the molecule is BOC=N[C@@H](Cc1cccc(C=C)c1)C(=O)N(C)c1ccc(OC)cc1. The minimum absolute atomic E-state index is 0.118. The number of benzene rings is 2. The minimum Gasteiger partial charge on any atom is -0.560 e. The third kappa shape index (κ3) is 4.99. The van der Waals surface area contributed by atoms with Crippen molar-refractivity contribution in [2.75, 3.05) is 19.1 Å². The van der Waals surface area contributed by atoms with Crippen molar-refractivity contribution in [3.8, 4) is 5.75 Å². The molecule has 1 atom stereocenters. The highest BCUT2D eigenvalue weighted by atomic mass is 16.5. The lowest BCUT2D eigenvalue weighted by Gasteiger charge is -2.22. The number of anilines is 1. The summed E-state index contributed by atoms with van der Waals surface area (Å²) in [5, 5.41) is 0. The number of ether oxygens (including phenoxy) is 1. The van der Waals surface area contributed by atoms with Gasteiger partial charge >= 0.3 is 8.05 Å². The zero-order valence-electron chi connectivity index (χ0n) is 15.4. The van der Waals surface area contributed by atoms with Crippen LogP contribution >= 0.6 is 0 Å². The molecule has 0 spiro atoms. The van der Waals surface area contributed by atoms with Gasteiger partial charge in [-0.15, -0.1) is 0 Å². The number of carbonyl (C=O) groups is 1. The largest absolute Gasteiger partial charge is 0.560 e.